The first-order chi connectivity index (χ1) is 6.24. The number of aromatic nitrogens is 2. The van der Waals surface area contributed by atoms with Crippen molar-refractivity contribution in [3.8, 4) is 0 Å². The molecule has 1 heterocycles. The summed E-state index contributed by atoms with van der Waals surface area (Å²) >= 11 is 0. The Morgan fingerprint density at radius 2 is 2.54 bits per heavy atom. The summed E-state index contributed by atoms with van der Waals surface area (Å²) < 4.78 is 1.79. The van der Waals surface area contributed by atoms with E-state index in [2.05, 4.69) is 11.6 Å². The molecule has 0 fully saturated rings. The Kier molecular flexibility index (Phi) is 3.25. The van der Waals surface area contributed by atoms with Crippen LogP contribution < -0.4 is 0 Å². The summed E-state index contributed by atoms with van der Waals surface area (Å²) in [7, 11) is 0. The molecule has 0 atom stereocenters. The zero-order chi connectivity index (χ0) is 9.68. The van der Waals surface area contributed by atoms with Crippen LogP contribution in [-0.4, -0.2) is 20.6 Å². The van der Waals surface area contributed by atoms with Crippen LogP contribution in [-0.2, 0) is 11.2 Å². The van der Waals surface area contributed by atoms with Crippen molar-refractivity contribution in [2.75, 3.05) is 0 Å². The van der Waals surface area contributed by atoms with Crippen LogP contribution in [0, 0.1) is 0 Å². The molecule has 1 aromatic heterocycles. The first-order valence-electron chi connectivity index (χ1n) is 4.10. The fraction of sp³-hybridized carbons (Fsp3) is 0.333. The van der Waals surface area contributed by atoms with Gasteiger partial charge in [-0.05, 0) is 6.42 Å². The van der Waals surface area contributed by atoms with E-state index < -0.39 is 5.97 Å². The van der Waals surface area contributed by atoms with E-state index in [4.69, 9.17) is 5.11 Å². The molecule has 0 saturated heterocycles. The molecule has 0 aliphatic heterocycles. The van der Waals surface area contributed by atoms with Crippen molar-refractivity contribution in [3.63, 3.8) is 0 Å². The summed E-state index contributed by atoms with van der Waals surface area (Å²) in [5.41, 5.74) is 0. The normalized spacial score (nSPS) is 9.85. The minimum absolute atomic E-state index is 0.185. The van der Waals surface area contributed by atoms with Gasteiger partial charge < -0.3 is 9.67 Å². The van der Waals surface area contributed by atoms with Crippen molar-refractivity contribution >= 4 is 12.2 Å². The van der Waals surface area contributed by atoms with Crippen LogP contribution in [0.4, 0.5) is 0 Å². The molecular weight excluding hydrogens is 168 g/mol. The Morgan fingerprint density at radius 3 is 3.15 bits per heavy atom. The summed E-state index contributed by atoms with van der Waals surface area (Å²) in [5.74, 6) is 0.0907. The molecule has 0 amide bonds. The van der Waals surface area contributed by atoms with Crippen molar-refractivity contribution in [1.29, 1.82) is 0 Å². The average molecular weight is 180 g/mol. The summed E-state index contributed by atoms with van der Waals surface area (Å²) in [4.78, 5) is 14.3. The van der Waals surface area contributed by atoms with Crippen LogP contribution >= 0.6 is 0 Å². The highest BCUT2D eigenvalue weighted by atomic mass is 16.4. The fourth-order valence-electron chi connectivity index (χ4n) is 1.10. The van der Waals surface area contributed by atoms with Crippen molar-refractivity contribution in [2.45, 2.75) is 19.3 Å². The third-order valence-corrected chi connectivity index (χ3v) is 1.74. The number of aliphatic carboxylic acids is 1. The van der Waals surface area contributed by atoms with Gasteiger partial charge >= 0.3 is 5.97 Å². The van der Waals surface area contributed by atoms with Gasteiger partial charge in [-0.25, -0.2) is 4.98 Å². The molecule has 0 saturated carbocycles. The second-order valence-electron chi connectivity index (χ2n) is 2.68. The van der Waals surface area contributed by atoms with Crippen molar-refractivity contribution in [2.24, 2.45) is 0 Å². The standard InChI is InChI=1S/C9H12N2O2/c1-2-11-7-6-10-8(11)4-3-5-9(12)13/h2,6-7H,1,3-5H2,(H,12,13). The molecule has 1 aromatic rings. The number of aryl methyl sites for hydroxylation is 1. The number of rotatable bonds is 5. The molecule has 13 heavy (non-hydrogen) atoms. The predicted molar refractivity (Wildman–Crippen MR) is 49.2 cm³/mol. The predicted octanol–water partition coefficient (Wildman–Crippen LogP) is 1.39. The number of carboxylic acids is 1. The quantitative estimate of drug-likeness (QED) is 0.745. The Labute approximate surface area is 76.5 Å². The average Bonchev–Trinajstić information content (AvgIpc) is 2.51. The third kappa shape index (κ3) is 2.74. The molecule has 0 unspecified atom stereocenters. The molecule has 4 heteroatoms. The van der Waals surface area contributed by atoms with Crippen LogP contribution in [0.25, 0.3) is 6.20 Å². The smallest absolute Gasteiger partial charge is 0.303 e. The summed E-state index contributed by atoms with van der Waals surface area (Å²) in [6.07, 6.45) is 6.60. The lowest BCUT2D eigenvalue weighted by Crippen LogP contribution is -1.99. The zero-order valence-electron chi connectivity index (χ0n) is 7.31. The zero-order valence-corrected chi connectivity index (χ0v) is 7.31. The number of imidazole rings is 1. The lowest BCUT2D eigenvalue weighted by atomic mass is 10.2. The molecule has 4 nitrogen and oxygen atoms in total. The van der Waals surface area contributed by atoms with E-state index in [1.54, 1.807) is 23.2 Å². The Bertz CT molecular complexity index is 304. The van der Waals surface area contributed by atoms with E-state index in [0.29, 0.717) is 12.8 Å². The van der Waals surface area contributed by atoms with Gasteiger partial charge in [0.2, 0.25) is 0 Å². The SMILES string of the molecule is C=Cn1ccnc1CCCC(=O)O. The molecule has 0 aliphatic carbocycles. The van der Waals surface area contributed by atoms with Crippen LogP contribution in [0.2, 0.25) is 0 Å². The van der Waals surface area contributed by atoms with Gasteiger partial charge in [-0.1, -0.05) is 6.58 Å². The number of carbonyl (C=O) groups is 1. The number of hydrogen-bond acceptors (Lipinski definition) is 2. The minimum Gasteiger partial charge on any atom is -0.481 e. The van der Waals surface area contributed by atoms with E-state index in [9.17, 15) is 4.79 Å². The van der Waals surface area contributed by atoms with Crippen molar-refractivity contribution in [3.05, 3.63) is 24.8 Å². The van der Waals surface area contributed by atoms with Crippen LogP contribution in [0.5, 0.6) is 0 Å². The van der Waals surface area contributed by atoms with Gasteiger partial charge in [0.25, 0.3) is 0 Å². The minimum atomic E-state index is -0.767. The van der Waals surface area contributed by atoms with Gasteiger partial charge in [-0.3, -0.25) is 4.79 Å². The number of hydrogen-bond donors (Lipinski definition) is 1. The lowest BCUT2D eigenvalue weighted by Gasteiger charge is -1.99. The molecule has 0 radical (unpaired) electrons. The number of carboxylic acid groups (broad SMARTS) is 1. The molecule has 0 bridgehead atoms. The van der Waals surface area contributed by atoms with E-state index in [0.717, 1.165) is 5.82 Å². The van der Waals surface area contributed by atoms with Gasteiger partial charge in [0.1, 0.15) is 5.82 Å². The summed E-state index contributed by atoms with van der Waals surface area (Å²) in [6.45, 7) is 3.61. The second kappa shape index (κ2) is 4.45. The fourth-order valence-corrected chi connectivity index (χ4v) is 1.10. The largest absolute Gasteiger partial charge is 0.481 e. The Hall–Kier alpha value is -1.58. The maximum Gasteiger partial charge on any atom is 0.303 e. The molecule has 1 N–H and O–H groups in total. The lowest BCUT2D eigenvalue weighted by molar-refractivity contribution is -0.137. The van der Waals surface area contributed by atoms with Crippen LogP contribution in [0.15, 0.2) is 19.0 Å². The molecule has 0 spiro atoms. The van der Waals surface area contributed by atoms with Gasteiger partial charge in [-0.2, -0.15) is 0 Å². The van der Waals surface area contributed by atoms with Gasteiger partial charge in [0.15, 0.2) is 0 Å². The van der Waals surface area contributed by atoms with Gasteiger partial charge in [0, 0.05) is 31.4 Å². The van der Waals surface area contributed by atoms with E-state index in [-0.39, 0.29) is 6.42 Å². The highest BCUT2D eigenvalue weighted by molar-refractivity contribution is 5.66. The molecule has 1 rings (SSSR count). The molecule has 0 aliphatic rings. The maximum atomic E-state index is 10.2. The van der Waals surface area contributed by atoms with Gasteiger partial charge in [-0.15, -0.1) is 0 Å². The highest BCUT2D eigenvalue weighted by Crippen LogP contribution is 2.03. The summed E-state index contributed by atoms with van der Waals surface area (Å²) in [6, 6.07) is 0. The first kappa shape index (κ1) is 9.51. The van der Waals surface area contributed by atoms with Crippen molar-refractivity contribution in [1.82, 2.24) is 9.55 Å². The van der Waals surface area contributed by atoms with Crippen molar-refractivity contribution < 1.29 is 9.90 Å². The monoisotopic (exact) mass is 180 g/mol. The second-order valence-corrected chi connectivity index (χ2v) is 2.68. The van der Waals surface area contributed by atoms with E-state index in [1.165, 1.54) is 0 Å². The molecular formula is C9H12N2O2. The maximum absolute atomic E-state index is 10.2. The topological polar surface area (TPSA) is 55.1 Å². The highest BCUT2D eigenvalue weighted by Gasteiger charge is 2.01. The summed E-state index contributed by atoms with van der Waals surface area (Å²) in [5, 5.41) is 8.42. The van der Waals surface area contributed by atoms with Gasteiger partial charge in [0.05, 0.1) is 0 Å². The van der Waals surface area contributed by atoms with Crippen LogP contribution in [0.3, 0.4) is 0 Å². The Balaban J connectivity index is 2.44. The first-order valence-corrected chi connectivity index (χ1v) is 4.10. The third-order valence-electron chi connectivity index (χ3n) is 1.74. The van der Waals surface area contributed by atoms with E-state index >= 15 is 0 Å². The van der Waals surface area contributed by atoms with Crippen LogP contribution in [0.1, 0.15) is 18.7 Å². The number of nitrogens with zero attached hydrogens (tertiary/aromatic N) is 2. The molecule has 70 valence electrons. The molecule has 0 aromatic carbocycles. The van der Waals surface area contributed by atoms with E-state index in [1.807, 2.05) is 0 Å². The Morgan fingerprint density at radius 1 is 1.77 bits per heavy atom.